The molecule has 12 heavy (non-hydrogen) atoms. The van der Waals surface area contributed by atoms with E-state index in [0.29, 0.717) is 12.3 Å². The molecule has 0 aliphatic heterocycles. The fourth-order valence-electron chi connectivity index (χ4n) is 0.730. The minimum Gasteiger partial charge on any atom is -0.510 e. The Labute approximate surface area is 73.3 Å². The number of rotatable bonds is 4. The minimum atomic E-state index is 0.385. The summed E-state index contributed by atoms with van der Waals surface area (Å²) < 4.78 is 0. The van der Waals surface area contributed by atoms with E-state index < -0.39 is 0 Å². The molecule has 0 spiro atoms. The van der Waals surface area contributed by atoms with Crippen LogP contribution in [0.4, 0.5) is 0 Å². The highest BCUT2D eigenvalue weighted by Crippen LogP contribution is 2.20. The lowest BCUT2D eigenvalue weighted by atomic mass is 10.3. The molecule has 0 atom stereocenters. The van der Waals surface area contributed by atoms with Crippen molar-refractivity contribution in [2.45, 2.75) is 26.7 Å². The van der Waals surface area contributed by atoms with Crippen molar-refractivity contribution in [1.29, 1.82) is 0 Å². The van der Waals surface area contributed by atoms with Crippen LogP contribution in [-0.2, 0) is 0 Å². The second-order valence-electron chi connectivity index (χ2n) is 3.24. The third-order valence-electron chi connectivity index (χ3n) is 1.79. The minimum absolute atomic E-state index is 0.385. The second kappa shape index (κ2) is 4.10. The van der Waals surface area contributed by atoms with Gasteiger partial charge in [0.15, 0.2) is 0 Å². The predicted molar refractivity (Wildman–Crippen MR) is 51.7 cm³/mol. The van der Waals surface area contributed by atoms with Crippen LogP contribution in [0, 0.1) is 0 Å². The lowest BCUT2D eigenvalue weighted by Crippen LogP contribution is -1.90. The van der Waals surface area contributed by atoms with Gasteiger partial charge in [0.25, 0.3) is 0 Å². The van der Waals surface area contributed by atoms with E-state index >= 15 is 0 Å². The fraction of sp³-hybridized carbons (Fsp3) is 0.500. The van der Waals surface area contributed by atoms with Crippen molar-refractivity contribution in [3.05, 3.63) is 23.0 Å². The summed E-state index contributed by atoms with van der Waals surface area (Å²) in [4.78, 5) is 4.10. The van der Waals surface area contributed by atoms with Gasteiger partial charge in [-0.3, -0.25) is 4.99 Å². The SMILES string of the molecule is CC(C)=C(O)C/N=C/CC1=CC1. The fourth-order valence-corrected chi connectivity index (χ4v) is 0.730. The Balaban J connectivity index is 2.19. The zero-order valence-corrected chi connectivity index (χ0v) is 7.67. The molecule has 2 heteroatoms. The van der Waals surface area contributed by atoms with Crippen molar-refractivity contribution in [2.75, 3.05) is 6.54 Å². The number of hydrogen-bond acceptors (Lipinski definition) is 2. The molecule has 1 aliphatic rings. The Morgan fingerprint density at radius 2 is 2.33 bits per heavy atom. The highest BCUT2D eigenvalue weighted by atomic mass is 16.3. The molecule has 2 nitrogen and oxygen atoms in total. The average Bonchev–Trinajstić information content (AvgIpc) is 2.80. The van der Waals surface area contributed by atoms with E-state index in [4.69, 9.17) is 0 Å². The first-order valence-corrected chi connectivity index (χ1v) is 4.21. The van der Waals surface area contributed by atoms with Gasteiger partial charge in [-0.25, -0.2) is 0 Å². The lowest BCUT2D eigenvalue weighted by molar-refractivity contribution is 0.397. The molecule has 0 radical (unpaired) electrons. The zero-order chi connectivity index (χ0) is 8.97. The van der Waals surface area contributed by atoms with Crippen molar-refractivity contribution in [3.63, 3.8) is 0 Å². The maximum Gasteiger partial charge on any atom is 0.112 e. The Morgan fingerprint density at radius 1 is 1.67 bits per heavy atom. The van der Waals surface area contributed by atoms with E-state index in [9.17, 15) is 5.11 Å². The second-order valence-corrected chi connectivity index (χ2v) is 3.24. The van der Waals surface area contributed by atoms with Crippen LogP contribution >= 0.6 is 0 Å². The van der Waals surface area contributed by atoms with Gasteiger partial charge >= 0.3 is 0 Å². The first-order chi connectivity index (χ1) is 5.70. The van der Waals surface area contributed by atoms with Gasteiger partial charge in [-0.05, 0) is 25.8 Å². The van der Waals surface area contributed by atoms with E-state index in [1.165, 1.54) is 5.57 Å². The summed E-state index contributed by atoms with van der Waals surface area (Å²) in [5.41, 5.74) is 2.40. The Morgan fingerprint density at radius 3 is 2.83 bits per heavy atom. The molecule has 0 aromatic rings. The quantitative estimate of drug-likeness (QED) is 0.387. The molecule has 0 aromatic carbocycles. The van der Waals surface area contributed by atoms with Crippen LogP contribution in [0.2, 0.25) is 0 Å². The summed E-state index contributed by atoms with van der Waals surface area (Å²) in [6, 6.07) is 0. The lowest BCUT2D eigenvalue weighted by Gasteiger charge is -1.96. The van der Waals surface area contributed by atoms with Crippen LogP contribution < -0.4 is 0 Å². The molecule has 0 bridgehead atoms. The van der Waals surface area contributed by atoms with Gasteiger partial charge in [0, 0.05) is 12.6 Å². The largest absolute Gasteiger partial charge is 0.510 e. The Hall–Kier alpha value is -1.05. The molecular formula is C10H15NO. The molecule has 0 fully saturated rings. The highest BCUT2D eigenvalue weighted by Gasteiger charge is 2.03. The number of aliphatic hydroxyl groups is 1. The van der Waals surface area contributed by atoms with Crippen molar-refractivity contribution >= 4 is 6.21 Å². The molecule has 1 N–H and O–H groups in total. The Kier molecular flexibility index (Phi) is 3.09. The molecule has 0 aromatic heterocycles. The van der Waals surface area contributed by atoms with Gasteiger partial charge in [0.05, 0.1) is 6.54 Å². The zero-order valence-electron chi connectivity index (χ0n) is 7.67. The van der Waals surface area contributed by atoms with E-state index in [1.807, 2.05) is 20.1 Å². The highest BCUT2D eigenvalue weighted by molar-refractivity contribution is 5.63. The van der Waals surface area contributed by atoms with Gasteiger partial charge in [-0.2, -0.15) is 0 Å². The van der Waals surface area contributed by atoms with E-state index in [0.717, 1.165) is 18.4 Å². The molecule has 0 saturated carbocycles. The maximum atomic E-state index is 9.26. The van der Waals surface area contributed by atoms with Crippen LogP contribution in [0.1, 0.15) is 26.7 Å². The van der Waals surface area contributed by atoms with Crippen LogP contribution in [0.3, 0.4) is 0 Å². The van der Waals surface area contributed by atoms with Crippen molar-refractivity contribution in [1.82, 2.24) is 0 Å². The van der Waals surface area contributed by atoms with Gasteiger partial charge in [-0.1, -0.05) is 11.6 Å². The smallest absolute Gasteiger partial charge is 0.112 e. The number of nitrogens with zero attached hydrogens (tertiary/aromatic N) is 1. The summed E-state index contributed by atoms with van der Waals surface area (Å²) in [6.45, 7) is 4.19. The number of aliphatic imine (C=N–C) groups is 1. The van der Waals surface area contributed by atoms with Gasteiger partial charge in [0.2, 0.25) is 0 Å². The van der Waals surface area contributed by atoms with Crippen molar-refractivity contribution < 1.29 is 5.11 Å². The van der Waals surface area contributed by atoms with Crippen molar-refractivity contribution in [3.8, 4) is 0 Å². The number of hydrogen-bond donors (Lipinski definition) is 1. The maximum absolute atomic E-state index is 9.26. The van der Waals surface area contributed by atoms with Gasteiger partial charge < -0.3 is 5.11 Å². The molecule has 0 unspecified atom stereocenters. The third kappa shape index (κ3) is 3.37. The molecule has 0 amide bonds. The van der Waals surface area contributed by atoms with E-state index in [-0.39, 0.29) is 0 Å². The standard InChI is InChI=1S/C10H15NO/c1-8(2)10(12)7-11-6-5-9-3-4-9/h3,6,12H,4-5,7H2,1-2H3/b11-6+. The molecule has 0 saturated heterocycles. The average molecular weight is 165 g/mol. The van der Waals surface area contributed by atoms with Crippen LogP contribution in [-0.4, -0.2) is 17.9 Å². The Bertz CT molecular complexity index is 245. The molecule has 1 aliphatic carbocycles. The predicted octanol–water partition coefficient (Wildman–Crippen LogP) is 2.63. The summed E-state index contributed by atoms with van der Waals surface area (Å²) in [5.74, 6) is 0.385. The van der Waals surface area contributed by atoms with Crippen molar-refractivity contribution in [2.24, 2.45) is 4.99 Å². The van der Waals surface area contributed by atoms with E-state index in [1.54, 1.807) is 0 Å². The third-order valence-corrected chi connectivity index (χ3v) is 1.79. The monoisotopic (exact) mass is 165 g/mol. The summed E-state index contributed by atoms with van der Waals surface area (Å²) in [7, 11) is 0. The van der Waals surface area contributed by atoms with E-state index in [2.05, 4.69) is 11.1 Å². The van der Waals surface area contributed by atoms with Crippen LogP contribution in [0.15, 0.2) is 28.0 Å². The number of allylic oxidation sites excluding steroid dienone is 3. The normalized spacial score (nSPS) is 14.7. The molecule has 1 rings (SSSR count). The molecule has 66 valence electrons. The van der Waals surface area contributed by atoms with Gasteiger partial charge in [-0.15, -0.1) is 0 Å². The van der Waals surface area contributed by atoms with Crippen LogP contribution in [0.5, 0.6) is 0 Å². The summed E-state index contributed by atoms with van der Waals surface area (Å²) in [5, 5.41) is 9.26. The number of aliphatic hydroxyl groups excluding tert-OH is 1. The molecule has 0 heterocycles. The van der Waals surface area contributed by atoms with Gasteiger partial charge in [0.1, 0.15) is 5.76 Å². The first kappa shape index (κ1) is 9.04. The summed E-state index contributed by atoms with van der Waals surface area (Å²) >= 11 is 0. The van der Waals surface area contributed by atoms with Crippen LogP contribution in [0.25, 0.3) is 0 Å². The topological polar surface area (TPSA) is 32.6 Å². The molecular weight excluding hydrogens is 150 g/mol. The first-order valence-electron chi connectivity index (χ1n) is 4.21. The summed E-state index contributed by atoms with van der Waals surface area (Å²) in [6.07, 6.45) is 6.17.